The smallest absolute Gasteiger partial charge is 0.221 e. The summed E-state index contributed by atoms with van der Waals surface area (Å²) in [5.74, 6) is 0.447. The highest BCUT2D eigenvalue weighted by Crippen LogP contribution is 2.35. The van der Waals surface area contributed by atoms with Crippen molar-refractivity contribution < 1.29 is 14.0 Å². The monoisotopic (exact) mass is 361 g/mol. The van der Waals surface area contributed by atoms with Crippen molar-refractivity contribution in [3.63, 3.8) is 0 Å². The Morgan fingerprint density at radius 1 is 1.15 bits per heavy atom. The van der Waals surface area contributed by atoms with Gasteiger partial charge >= 0.3 is 0 Å². The maximum absolute atomic E-state index is 13.2. The molecule has 2 N–H and O–H groups in total. The molecule has 1 saturated carbocycles. The van der Waals surface area contributed by atoms with Crippen molar-refractivity contribution in [2.45, 2.75) is 57.7 Å². The van der Waals surface area contributed by atoms with Gasteiger partial charge in [-0.05, 0) is 49.3 Å². The molecule has 1 aliphatic heterocycles. The number of hydrogen-bond acceptors (Lipinski definition) is 3. The first kappa shape index (κ1) is 18.8. The van der Waals surface area contributed by atoms with Gasteiger partial charge in [-0.15, -0.1) is 0 Å². The Morgan fingerprint density at radius 3 is 2.62 bits per heavy atom. The average molecular weight is 361 g/mol. The molecule has 0 radical (unpaired) electrons. The first-order chi connectivity index (χ1) is 12.5. The van der Waals surface area contributed by atoms with Crippen LogP contribution in [0.2, 0.25) is 0 Å². The van der Waals surface area contributed by atoms with Gasteiger partial charge in [0.15, 0.2) is 0 Å². The molecule has 2 aliphatic rings. The molecule has 5 nitrogen and oxygen atoms in total. The van der Waals surface area contributed by atoms with E-state index in [2.05, 4.69) is 15.5 Å². The van der Waals surface area contributed by atoms with Crippen molar-refractivity contribution in [1.29, 1.82) is 0 Å². The number of nitrogens with zero attached hydrogens (tertiary/aromatic N) is 1. The molecule has 142 valence electrons. The molecular formula is C20H28FN3O2. The molecule has 1 heterocycles. The summed E-state index contributed by atoms with van der Waals surface area (Å²) in [4.78, 5) is 26.0. The van der Waals surface area contributed by atoms with E-state index in [1.165, 1.54) is 31.9 Å². The number of amides is 2. The second kappa shape index (κ2) is 8.62. The first-order valence-corrected chi connectivity index (χ1v) is 9.52. The second-order valence-electron chi connectivity index (χ2n) is 7.57. The van der Waals surface area contributed by atoms with Crippen molar-refractivity contribution in [3.8, 4) is 0 Å². The Bertz CT molecular complexity index is 648. The van der Waals surface area contributed by atoms with E-state index in [9.17, 15) is 14.0 Å². The van der Waals surface area contributed by atoms with Crippen LogP contribution in [-0.2, 0) is 16.1 Å². The van der Waals surface area contributed by atoms with Crippen LogP contribution in [0.5, 0.6) is 0 Å². The normalized spacial score (nSPS) is 23.0. The molecule has 1 aliphatic carbocycles. The molecule has 3 rings (SSSR count). The number of nitrogens with one attached hydrogen (secondary N) is 2. The minimum Gasteiger partial charge on any atom is -0.355 e. The van der Waals surface area contributed by atoms with Gasteiger partial charge in [0.2, 0.25) is 11.8 Å². The van der Waals surface area contributed by atoms with E-state index >= 15 is 0 Å². The largest absolute Gasteiger partial charge is 0.355 e. The van der Waals surface area contributed by atoms with E-state index in [0.29, 0.717) is 25.6 Å². The third-order valence-corrected chi connectivity index (χ3v) is 5.32. The molecular weight excluding hydrogens is 333 g/mol. The molecule has 0 aromatic heterocycles. The Morgan fingerprint density at radius 2 is 1.92 bits per heavy atom. The molecule has 2 atom stereocenters. The number of benzene rings is 1. The van der Waals surface area contributed by atoms with Gasteiger partial charge in [0, 0.05) is 45.1 Å². The predicted octanol–water partition coefficient (Wildman–Crippen LogP) is 2.21. The summed E-state index contributed by atoms with van der Waals surface area (Å²) in [6.45, 7) is 3.56. The van der Waals surface area contributed by atoms with E-state index in [-0.39, 0.29) is 23.7 Å². The zero-order chi connectivity index (χ0) is 18.5. The Balaban J connectivity index is 1.51. The molecule has 1 saturated heterocycles. The number of carbonyl (C=O) groups is 2. The van der Waals surface area contributed by atoms with Crippen molar-refractivity contribution in [2.24, 2.45) is 5.92 Å². The van der Waals surface area contributed by atoms with Crippen LogP contribution in [0.4, 0.5) is 4.39 Å². The number of rotatable bonds is 8. The van der Waals surface area contributed by atoms with Crippen LogP contribution in [0.1, 0.15) is 44.6 Å². The maximum atomic E-state index is 13.2. The Labute approximate surface area is 154 Å². The standard InChI is InChI=1S/C20H28FN3O2/c1-14(25)22-12-19-8-7-18(24(19)13-15-5-6-15)10-20(26)23-11-16-3-2-4-17(21)9-16/h2-4,9,15,18-19H,5-8,10-13H2,1H3,(H,22,25)(H,23,26)/t18-,19+/m1/s1. The van der Waals surface area contributed by atoms with Crippen LogP contribution in [0.3, 0.4) is 0 Å². The van der Waals surface area contributed by atoms with Crippen LogP contribution in [0.25, 0.3) is 0 Å². The second-order valence-corrected chi connectivity index (χ2v) is 7.57. The number of hydrogen-bond donors (Lipinski definition) is 2. The minimum atomic E-state index is -0.288. The van der Waals surface area contributed by atoms with E-state index < -0.39 is 0 Å². The van der Waals surface area contributed by atoms with Crippen LogP contribution in [0.15, 0.2) is 24.3 Å². The number of likely N-dealkylation sites (tertiary alicyclic amines) is 1. The van der Waals surface area contributed by atoms with Crippen molar-refractivity contribution in [2.75, 3.05) is 13.1 Å². The highest BCUT2D eigenvalue weighted by atomic mass is 19.1. The average Bonchev–Trinajstić information content (AvgIpc) is 3.34. The summed E-state index contributed by atoms with van der Waals surface area (Å²) < 4.78 is 13.2. The molecule has 0 unspecified atom stereocenters. The summed E-state index contributed by atoms with van der Waals surface area (Å²) in [5.41, 5.74) is 0.767. The molecule has 0 bridgehead atoms. The van der Waals surface area contributed by atoms with Gasteiger partial charge in [-0.1, -0.05) is 12.1 Å². The van der Waals surface area contributed by atoms with Crippen molar-refractivity contribution in [1.82, 2.24) is 15.5 Å². The zero-order valence-corrected chi connectivity index (χ0v) is 15.3. The molecule has 26 heavy (non-hydrogen) atoms. The highest BCUT2D eigenvalue weighted by Gasteiger charge is 2.37. The number of halogens is 1. The topological polar surface area (TPSA) is 61.4 Å². The summed E-state index contributed by atoms with van der Waals surface area (Å²) in [6, 6.07) is 6.84. The van der Waals surface area contributed by atoms with Gasteiger partial charge < -0.3 is 10.6 Å². The lowest BCUT2D eigenvalue weighted by molar-refractivity contribution is -0.122. The van der Waals surface area contributed by atoms with Gasteiger partial charge in [-0.25, -0.2) is 4.39 Å². The summed E-state index contributed by atoms with van der Waals surface area (Å²) in [6.07, 6.45) is 4.97. The van der Waals surface area contributed by atoms with Gasteiger partial charge in [0.1, 0.15) is 5.82 Å². The lowest BCUT2D eigenvalue weighted by atomic mass is 10.1. The summed E-state index contributed by atoms with van der Waals surface area (Å²) >= 11 is 0. The lowest BCUT2D eigenvalue weighted by Crippen LogP contribution is -2.45. The minimum absolute atomic E-state index is 0.000218. The maximum Gasteiger partial charge on any atom is 0.221 e. The number of carbonyl (C=O) groups excluding carboxylic acids is 2. The Hall–Kier alpha value is -1.95. The first-order valence-electron chi connectivity index (χ1n) is 9.52. The molecule has 6 heteroatoms. The van der Waals surface area contributed by atoms with E-state index in [4.69, 9.17) is 0 Å². The van der Waals surface area contributed by atoms with Gasteiger partial charge in [0.05, 0.1) is 0 Å². The van der Waals surface area contributed by atoms with Crippen molar-refractivity contribution >= 4 is 11.8 Å². The van der Waals surface area contributed by atoms with E-state index in [1.54, 1.807) is 6.07 Å². The van der Waals surface area contributed by atoms with Crippen LogP contribution >= 0.6 is 0 Å². The van der Waals surface area contributed by atoms with Crippen LogP contribution < -0.4 is 10.6 Å². The summed E-state index contributed by atoms with van der Waals surface area (Å²) in [5, 5.41) is 5.83. The fourth-order valence-corrected chi connectivity index (χ4v) is 3.75. The molecule has 2 fully saturated rings. The van der Waals surface area contributed by atoms with Crippen LogP contribution in [-0.4, -0.2) is 41.9 Å². The predicted molar refractivity (Wildman–Crippen MR) is 97.8 cm³/mol. The third kappa shape index (κ3) is 5.53. The molecule has 0 spiro atoms. The zero-order valence-electron chi connectivity index (χ0n) is 15.3. The Kier molecular flexibility index (Phi) is 6.25. The van der Waals surface area contributed by atoms with E-state index in [1.807, 2.05) is 6.07 Å². The lowest BCUT2D eigenvalue weighted by Gasteiger charge is -2.30. The highest BCUT2D eigenvalue weighted by molar-refractivity contribution is 5.76. The fraction of sp³-hybridized carbons (Fsp3) is 0.600. The molecule has 1 aromatic carbocycles. The van der Waals surface area contributed by atoms with Gasteiger partial charge in [-0.2, -0.15) is 0 Å². The fourth-order valence-electron chi connectivity index (χ4n) is 3.75. The van der Waals surface area contributed by atoms with E-state index in [0.717, 1.165) is 30.9 Å². The summed E-state index contributed by atoms with van der Waals surface area (Å²) in [7, 11) is 0. The van der Waals surface area contributed by atoms with Crippen molar-refractivity contribution in [3.05, 3.63) is 35.6 Å². The van der Waals surface area contributed by atoms with Gasteiger partial charge in [-0.3, -0.25) is 14.5 Å². The molecule has 1 aromatic rings. The van der Waals surface area contributed by atoms with Crippen LogP contribution in [0, 0.1) is 11.7 Å². The quantitative estimate of drug-likeness (QED) is 0.746. The molecule has 2 amide bonds. The SMILES string of the molecule is CC(=O)NC[C@@H]1CC[C@H](CC(=O)NCc2cccc(F)c2)N1CC1CC1. The van der Waals surface area contributed by atoms with Gasteiger partial charge in [0.25, 0.3) is 0 Å². The third-order valence-electron chi connectivity index (χ3n) is 5.32.